The minimum Gasteiger partial charge on any atom is -0.493 e. The molecule has 0 aliphatic heterocycles. The van der Waals surface area contributed by atoms with Crippen LogP contribution >= 0.6 is 0 Å². The summed E-state index contributed by atoms with van der Waals surface area (Å²) in [7, 11) is 0. The number of hydrogen-bond acceptors (Lipinski definition) is 7. The highest BCUT2D eigenvalue weighted by atomic mass is 16.5. The van der Waals surface area contributed by atoms with Crippen molar-refractivity contribution in [2.24, 2.45) is 0 Å². The second kappa shape index (κ2) is 8.13. The molecule has 0 saturated heterocycles. The van der Waals surface area contributed by atoms with Crippen LogP contribution in [0, 0.1) is 0 Å². The average Bonchev–Trinajstić information content (AvgIpc) is 2.66. The van der Waals surface area contributed by atoms with Crippen molar-refractivity contribution in [1.82, 2.24) is 19.9 Å². The Morgan fingerprint density at radius 3 is 2.74 bits per heavy atom. The number of aliphatic hydroxyl groups is 1. The molecule has 8 nitrogen and oxygen atoms in total. The first-order valence-electron chi connectivity index (χ1n) is 8.99. The second-order valence-corrected chi connectivity index (χ2v) is 6.08. The lowest BCUT2D eigenvalue weighted by atomic mass is 10.2. The predicted molar refractivity (Wildman–Crippen MR) is 104 cm³/mol. The largest absolute Gasteiger partial charge is 0.493 e. The third-order valence-corrected chi connectivity index (χ3v) is 4.10. The molecule has 3 aromatic rings. The van der Waals surface area contributed by atoms with E-state index < -0.39 is 6.23 Å². The Balaban J connectivity index is 2.12. The lowest BCUT2D eigenvalue weighted by Crippen LogP contribution is -2.34. The van der Waals surface area contributed by atoms with Crippen LogP contribution in [0.5, 0.6) is 5.75 Å². The highest BCUT2D eigenvalue weighted by Crippen LogP contribution is 2.27. The predicted octanol–water partition coefficient (Wildman–Crippen LogP) is 2.33. The normalized spacial score (nSPS) is 12.1. The summed E-state index contributed by atoms with van der Waals surface area (Å²) in [6, 6.07) is 7.41. The Bertz CT molecular complexity index is 986. The minimum absolute atomic E-state index is 0.267. The Hall–Kier alpha value is -3.00. The topological polar surface area (TPSA) is 104 Å². The number of nitrogens with one attached hydrogen (secondary N) is 1. The van der Waals surface area contributed by atoms with E-state index in [1.807, 2.05) is 38.1 Å². The molecule has 1 unspecified atom stereocenters. The van der Waals surface area contributed by atoms with Crippen molar-refractivity contribution < 1.29 is 9.84 Å². The van der Waals surface area contributed by atoms with Gasteiger partial charge in [-0.2, -0.15) is 4.98 Å². The van der Waals surface area contributed by atoms with Gasteiger partial charge in [-0.1, -0.05) is 19.1 Å². The SMILES string of the molecule is CCCOc1ccccc1-c1nc2nc(N(CC)C(C)O)ncc2c(=O)[nH]1. The number of ether oxygens (including phenoxy) is 1. The van der Waals surface area contributed by atoms with E-state index in [1.54, 1.807) is 11.8 Å². The molecule has 27 heavy (non-hydrogen) atoms. The number of benzene rings is 1. The van der Waals surface area contributed by atoms with Crippen LogP contribution in [0.3, 0.4) is 0 Å². The van der Waals surface area contributed by atoms with Crippen molar-refractivity contribution in [1.29, 1.82) is 0 Å². The number of aromatic nitrogens is 4. The van der Waals surface area contributed by atoms with Crippen LogP contribution in [-0.4, -0.2) is 44.4 Å². The maximum Gasteiger partial charge on any atom is 0.262 e. The first-order valence-corrected chi connectivity index (χ1v) is 8.99. The van der Waals surface area contributed by atoms with Gasteiger partial charge in [-0.3, -0.25) is 4.79 Å². The quantitative estimate of drug-likeness (QED) is 0.616. The highest BCUT2D eigenvalue weighted by Gasteiger charge is 2.16. The van der Waals surface area contributed by atoms with Gasteiger partial charge in [-0.25, -0.2) is 9.97 Å². The van der Waals surface area contributed by atoms with Crippen molar-refractivity contribution in [3.63, 3.8) is 0 Å². The number of H-pyrrole nitrogens is 1. The van der Waals surface area contributed by atoms with Crippen LogP contribution in [0.15, 0.2) is 35.3 Å². The maximum atomic E-state index is 12.5. The molecule has 0 aliphatic carbocycles. The molecule has 0 saturated carbocycles. The van der Waals surface area contributed by atoms with Gasteiger partial charge in [-0.15, -0.1) is 0 Å². The monoisotopic (exact) mass is 369 g/mol. The molecule has 0 spiro atoms. The molecule has 0 radical (unpaired) electrons. The number of para-hydroxylation sites is 1. The van der Waals surface area contributed by atoms with E-state index >= 15 is 0 Å². The fraction of sp³-hybridized carbons (Fsp3) is 0.368. The van der Waals surface area contributed by atoms with E-state index in [4.69, 9.17) is 4.74 Å². The van der Waals surface area contributed by atoms with E-state index in [2.05, 4.69) is 19.9 Å². The Kier molecular flexibility index (Phi) is 5.66. The van der Waals surface area contributed by atoms with Crippen LogP contribution in [-0.2, 0) is 0 Å². The smallest absolute Gasteiger partial charge is 0.262 e. The van der Waals surface area contributed by atoms with Gasteiger partial charge in [0.2, 0.25) is 5.95 Å². The molecule has 1 aromatic carbocycles. The number of fused-ring (bicyclic) bond motifs is 1. The third kappa shape index (κ3) is 3.90. The molecular formula is C19H23N5O3. The molecule has 0 amide bonds. The van der Waals surface area contributed by atoms with E-state index in [9.17, 15) is 9.90 Å². The van der Waals surface area contributed by atoms with E-state index in [-0.39, 0.29) is 16.6 Å². The van der Waals surface area contributed by atoms with Gasteiger partial charge in [0.1, 0.15) is 23.2 Å². The summed E-state index contributed by atoms with van der Waals surface area (Å²) in [5, 5.41) is 10.2. The molecule has 1 atom stereocenters. The zero-order valence-corrected chi connectivity index (χ0v) is 15.6. The summed E-state index contributed by atoms with van der Waals surface area (Å²) in [5.41, 5.74) is 0.628. The molecule has 142 valence electrons. The van der Waals surface area contributed by atoms with Gasteiger partial charge in [0, 0.05) is 12.7 Å². The Morgan fingerprint density at radius 1 is 1.26 bits per heavy atom. The molecular weight excluding hydrogens is 346 g/mol. The molecule has 0 bridgehead atoms. The molecule has 3 rings (SSSR count). The maximum absolute atomic E-state index is 12.5. The van der Waals surface area contributed by atoms with Crippen LogP contribution in [0.25, 0.3) is 22.4 Å². The highest BCUT2D eigenvalue weighted by molar-refractivity contribution is 5.77. The van der Waals surface area contributed by atoms with E-state index in [1.165, 1.54) is 6.20 Å². The molecule has 8 heteroatoms. The van der Waals surface area contributed by atoms with Gasteiger partial charge in [-0.05, 0) is 32.4 Å². The van der Waals surface area contributed by atoms with Crippen molar-refractivity contribution >= 4 is 17.0 Å². The summed E-state index contributed by atoms with van der Waals surface area (Å²) in [4.78, 5) is 30.0. The fourth-order valence-corrected chi connectivity index (χ4v) is 2.76. The Morgan fingerprint density at radius 2 is 2.04 bits per heavy atom. The van der Waals surface area contributed by atoms with Crippen LogP contribution in [0.2, 0.25) is 0 Å². The summed E-state index contributed by atoms with van der Waals surface area (Å²) in [5.74, 6) is 1.35. The zero-order valence-electron chi connectivity index (χ0n) is 15.6. The molecule has 0 fully saturated rings. The van der Waals surface area contributed by atoms with Crippen LogP contribution in [0.1, 0.15) is 27.2 Å². The first-order chi connectivity index (χ1) is 13.0. The van der Waals surface area contributed by atoms with Gasteiger partial charge in [0.05, 0.1) is 12.2 Å². The van der Waals surface area contributed by atoms with Crippen LogP contribution < -0.4 is 15.2 Å². The summed E-state index contributed by atoms with van der Waals surface area (Å²) in [6.45, 7) is 6.64. The van der Waals surface area contributed by atoms with Gasteiger partial charge < -0.3 is 19.7 Å². The number of rotatable bonds is 7. The summed E-state index contributed by atoms with van der Waals surface area (Å²) in [6.07, 6.45) is 1.55. The lowest BCUT2D eigenvalue weighted by molar-refractivity contribution is 0.188. The molecule has 0 aliphatic rings. The second-order valence-electron chi connectivity index (χ2n) is 6.08. The number of hydrogen-bond donors (Lipinski definition) is 2. The molecule has 2 aromatic heterocycles. The Labute approximate surface area is 156 Å². The zero-order chi connectivity index (χ0) is 19.4. The minimum atomic E-state index is -0.753. The van der Waals surface area contributed by atoms with Crippen molar-refractivity contribution in [3.05, 3.63) is 40.8 Å². The number of aromatic amines is 1. The standard InChI is InChI=1S/C19H23N5O3/c1-4-10-27-15-9-7-6-8-13(15)16-21-17-14(18(26)22-16)11-20-19(23-17)24(5-2)12(3)25/h6-9,11-12,25H,4-5,10H2,1-3H3,(H,20,21,22,23,26). The van der Waals surface area contributed by atoms with Gasteiger partial charge in [0.25, 0.3) is 5.56 Å². The number of aliphatic hydroxyl groups excluding tert-OH is 1. The van der Waals surface area contributed by atoms with Gasteiger partial charge in [0.15, 0.2) is 5.65 Å². The van der Waals surface area contributed by atoms with Crippen molar-refractivity contribution in [2.75, 3.05) is 18.1 Å². The van der Waals surface area contributed by atoms with Crippen molar-refractivity contribution in [2.45, 2.75) is 33.4 Å². The average molecular weight is 369 g/mol. The number of nitrogens with zero attached hydrogens (tertiary/aromatic N) is 4. The molecule has 2 heterocycles. The van der Waals surface area contributed by atoms with E-state index in [0.717, 1.165) is 6.42 Å². The number of anilines is 1. The van der Waals surface area contributed by atoms with Crippen molar-refractivity contribution in [3.8, 4) is 17.1 Å². The first kappa shape index (κ1) is 18.8. The third-order valence-electron chi connectivity index (χ3n) is 4.10. The van der Waals surface area contributed by atoms with Gasteiger partial charge >= 0.3 is 0 Å². The fourth-order valence-electron chi connectivity index (χ4n) is 2.76. The summed E-state index contributed by atoms with van der Waals surface area (Å²) < 4.78 is 5.77. The summed E-state index contributed by atoms with van der Waals surface area (Å²) >= 11 is 0. The van der Waals surface area contributed by atoms with E-state index in [0.29, 0.717) is 36.2 Å². The lowest BCUT2D eigenvalue weighted by Gasteiger charge is -2.23. The molecule has 2 N–H and O–H groups in total. The van der Waals surface area contributed by atoms with Crippen LogP contribution in [0.4, 0.5) is 5.95 Å².